The summed E-state index contributed by atoms with van der Waals surface area (Å²) in [5, 5.41) is 3.22. The molecule has 11 nitrogen and oxygen atoms in total. The number of aromatic nitrogens is 3. The third kappa shape index (κ3) is 7.43. The van der Waals surface area contributed by atoms with Gasteiger partial charge >= 0.3 is 6.09 Å². The summed E-state index contributed by atoms with van der Waals surface area (Å²) in [7, 11) is -1.54. The number of nitrogens with one attached hydrogen (secondary N) is 1. The summed E-state index contributed by atoms with van der Waals surface area (Å²) < 4.78 is 40.2. The molecule has 1 N–H and O–H groups in total. The fourth-order valence-corrected chi connectivity index (χ4v) is 4.81. The monoisotopic (exact) mass is 533 g/mol. The van der Waals surface area contributed by atoms with Crippen molar-refractivity contribution in [1.82, 2.24) is 19.9 Å². The van der Waals surface area contributed by atoms with Crippen LogP contribution in [0.15, 0.2) is 18.5 Å². The number of hydrogen-bond acceptors (Lipinski definition) is 10. The lowest BCUT2D eigenvalue weighted by atomic mass is 10.1. The van der Waals surface area contributed by atoms with Crippen molar-refractivity contribution in [3.8, 4) is 11.6 Å². The van der Waals surface area contributed by atoms with Gasteiger partial charge in [0.2, 0.25) is 5.75 Å². The minimum atomic E-state index is -3.06. The van der Waals surface area contributed by atoms with Crippen LogP contribution in [-0.4, -0.2) is 78.8 Å². The number of pyridine rings is 1. The largest absolute Gasteiger partial charge is 0.489 e. The zero-order valence-electron chi connectivity index (χ0n) is 21.8. The quantitative estimate of drug-likeness (QED) is 0.485. The lowest BCUT2D eigenvalue weighted by Crippen LogP contribution is -2.43. The molecule has 0 aromatic carbocycles. The lowest BCUT2D eigenvalue weighted by Gasteiger charge is -2.32. The Bertz CT molecular complexity index is 1210. The molecule has 0 spiro atoms. The maximum Gasteiger partial charge on any atom is 0.410 e. The van der Waals surface area contributed by atoms with Gasteiger partial charge < -0.3 is 24.4 Å². The number of carbonyl (C=O) groups excluding carboxylic acids is 1. The molecule has 3 heterocycles. The molecule has 4 rings (SSSR count). The van der Waals surface area contributed by atoms with E-state index in [0.717, 1.165) is 12.8 Å². The van der Waals surface area contributed by atoms with Crippen molar-refractivity contribution in [3.05, 3.63) is 29.8 Å². The van der Waals surface area contributed by atoms with E-state index in [4.69, 9.17) is 14.2 Å². The van der Waals surface area contributed by atoms with Crippen molar-refractivity contribution < 1.29 is 27.4 Å². The lowest BCUT2D eigenvalue weighted by molar-refractivity contribution is 0.0397. The second-order valence-corrected chi connectivity index (χ2v) is 12.0. The maximum absolute atomic E-state index is 12.4. The Balaban J connectivity index is 1.36. The number of anilines is 2. The zero-order valence-corrected chi connectivity index (χ0v) is 22.6. The molecule has 2 aliphatic rings. The molecular formula is C25H35N5O6S. The summed E-state index contributed by atoms with van der Waals surface area (Å²) in [5.74, 6) is 1.67. The van der Waals surface area contributed by atoms with Gasteiger partial charge in [0.05, 0.1) is 24.2 Å². The molecule has 2 aromatic rings. The van der Waals surface area contributed by atoms with Crippen molar-refractivity contribution >= 4 is 27.4 Å². The summed E-state index contributed by atoms with van der Waals surface area (Å²) in [6.07, 6.45) is 6.13. The van der Waals surface area contributed by atoms with Crippen molar-refractivity contribution in [1.29, 1.82) is 0 Å². The number of amides is 1. The third-order valence-corrected chi connectivity index (χ3v) is 7.60. The van der Waals surface area contributed by atoms with Crippen LogP contribution in [0, 0.1) is 12.8 Å². The van der Waals surface area contributed by atoms with Crippen molar-refractivity contribution in [2.24, 2.45) is 5.92 Å². The Morgan fingerprint density at radius 1 is 1.19 bits per heavy atom. The van der Waals surface area contributed by atoms with E-state index in [-0.39, 0.29) is 24.1 Å². The van der Waals surface area contributed by atoms with Crippen LogP contribution >= 0.6 is 0 Å². The van der Waals surface area contributed by atoms with E-state index in [2.05, 4.69) is 20.3 Å². The van der Waals surface area contributed by atoms with Crippen LogP contribution in [-0.2, 0) is 21.0 Å². The third-order valence-electron chi connectivity index (χ3n) is 6.65. The summed E-state index contributed by atoms with van der Waals surface area (Å²) >= 11 is 0. The van der Waals surface area contributed by atoms with Crippen LogP contribution in [0.5, 0.6) is 11.6 Å². The molecule has 1 amide bonds. The highest BCUT2D eigenvalue weighted by molar-refractivity contribution is 7.90. The summed E-state index contributed by atoms with van der Waals surface area (Å²) in [4.78, 5) is 27.3. The first-order chi connectivity index (χ1) is 17.6. The molecule has 202 valence electrons. The number of rotatable bonds is 10. The molecule has 0 bridgehead atoms. The van der Waals surface area contributed by atoms with Gasteiger partial charge in [-0.2, -0.15) is 4.98 Å². The fourth-order valence-electron chi connectivity index (χ4n) is 4.23. The Morgan fingerprint density at radius 3 is 2.54 bits per heavy atom. The zero-order chi connectivity index (χ0) is 26.6. The number of methoxy groups -OCH3 is 1. The van der Waals surface area contributed by atoms with Crippen LogP contribution in [0.25, 0.3) is 0 Å². The van der Waals surface area contributed by atoms with Crippen LogP contribution < -0.4 is 14.8 Å². The molecule has 1 saturated heterocycles. The second-order valence-electron chi connectivity index (χ2n) is 9.73. The van der Waals surface area contributed by atoms with Crippen LogP contribution in [0.2, 0.25) is 0 Å². The predicted molar refractivity (Wildman–Crippen MR) is 138 cm³/mol. The fraction of sp³-hybridized carbons (Fsp3) is 0.600. The van der Waals surface area contributed by atoms with Crippen molar-refractivity contribution in [3.63, 3.8) is 0 Å². The molecule has 37 heavy (non-hydrogen) atoms. The molecule has 2 aromatic heterocycles. The number of sulfone groups is 1. The average Bonchev–Trinajstić information content (AvgIpc) is 3.70. The van der Waals surface area contributed by atoms with Gasteiger partial charge in [0, 0.05) is 44.3 Å². The van der Waals surface area contributed by atoms with E-state index in [1.54, 1.807) is 11.0 Å². The van der Waals surface area contributed by atoms with E-state index in [1.165, 1.54) is 19.7 Å². The number of carbonyl (C=O) groups is 1. The van der Waals surface area contributed by atoms with Crippen LogP contribution in [0.1, 0.15) is 44.0 Å². The maximum atomic E-state index is 12.4. The number of hydrogen-bond donors (Lipinski definition) is 1. The Labute approximate surface area is 217 Å². The van der Waals surface area contributed by atoms with E-state index in [0.29, 0.717) is 72.8 Å². The van der Waals surface area contributed by atoms with Gasteiger partial charge in [0.1, 0.15) is 28.4 Å². The van der Waals surface area contributed by atoms with Crippen molar-refractivity contribution in [2.45, 2.75) is 58.2 Å². The molecular weight excluding hydrogens is 498 g/mol. The normalized spacial score (nSPS) is 17.2. The summed E-state index contributed by atoms with van der Waals surface area (Å²) in [5.41, 5.74) is 2.10. The molecule has 2 fully saturated rings. The first kappa shape index (κ1) is 26.9. The predicted octanol–water partition coefficient (Wildman–Crippen LogP) is 3.30. The van der Waals surface area contributed by atoms with Crippen LogP contribution in [0.3, 0.4) is 0 Å². The molecule has 1 unspecified atom stereocenters. The molecule has 1 saturated carbocycles. The summed E-state index contributed by atoms with van der Waals surface area (Å²) in [6.45, 7) is 4.90. The van der Waals surface area contributed by atoms with E-state index in [1.807, 2.05) is 19.9 Å². The molecule has 1 aliphatic carbocycles. The van der Waals surface area contributed by atoms with Gasteiger partial charge in [-0.15, -0.1) is 0 Å². The highest BCUT2D eigenvalue weighted by Crippen LogP contribution is 2.36. The number of likely N-dealkylation sites (tertiary alicyclic amines) is 1. The molecule has 1 aliphatic heterocycles. The Kier molecular flexibility index (Phi) is 8.35. The van der Waals surface area contributed by atoms with Gasteiger partial charge in [0.25, 0.3) is 5.88 Å². The minimum absolute atomic E-state index is 0.0276. The Hall–Kier alpha value is -3.15. The van der Waals surface area contributed by atoms with E-state index < -0.39 is 9.84 Å². The summed E-state index contributed by atoms with van der Waals surface area (Å²) in [6, 6.07) is 3.62. The number of ether oxygens (including phenoxy) is 3. The average molecular weight is 534 g/mol. The number of aryl methyl sites for hydroxylation is 2. The highest BCUT2D eigenvalue weighted by atomic mass is 32.2. The van der Waals surface area contributed by atoms with Gasteiger partial charge in [-0.3, -0.25) is 4.98 Å². The number of nitrogens with zero attached hydrogens (tertiary/aromatic N) is 4. The molecule has 0 radical (unpaired) electrons. The second kappa shape index (κ2) is 11.5. The Morgan fingerprint density at radius 2 is 1.92 bits per heavy atom. The van der Waals surface area contributed by atoms with Crippen molar-refractivity contribution in [2.75, 3.05) is 37.5 Å². The van der Waals surface area contributed by atoms with Gasteiger partial charge in [-0.1, -0.05) is 0 Å². The first-order valence-electron chi connectivity index (χ1n) is 12.6. The van der Waals surface area contributed by atoms with Crippen LogP contribution in [0.4, 0.5) is 16.3 Å². The molecule has 1 atom stereocenters. The smallest absolute Gasteiger partial charge is 0.410 e. The number of piperidine rings is 1. The van der Waals surface area contributed by atoms with Gasteiger partial charge in [0.15, 0.2) is 5.82 Å². The SMILES string of the molecule is COc1c(Nc2ccc(CCS(C)(=O)=O)nc2C)ncnc1OC1CCN(C(=O)OC(C)C2CC2)CC1. The van der Waals surface area contributed by atoms with E-state index in [9.17, 15) is 13.2 Å². The first-order valence-corrected chi connectivity index (χ1v) is 14.6. The topological polar surface area (TPSA) is 133 Å². The molecule has 12 heteroatoms. The highest BCUT2D eigenvalue weighted by Gasteiger charge is 2.33. The van der Waals surface area contributed by atoms with E-state index >= 15 is 0 Å². The minimum Gasteiger partial charge on any atom is -0.489 e. The standard InChI is InChI=1S/C25H35N5O6S/c1-16-21(8-7-19(28-16)11-14-37(4,32)33)29-23-22(34-3)24(27-15-26-23)36-20-9-12-30(13-10-20)25(31)35-17(2)18-5-6-18/h7-8,15,17-18,20H,5-6,9-14H2,1-4H3,(H,26,27,29). The van der Waals surface area contributed by atoms with Gasteiger partial charge in [-0.25, -0.2) is 18.2 Å². The van der Waals surface area contributed by atoms with Gasteiger partial charge in [-0.05, 0) is 44.7 Å².